The summed E-state index contributed by atoms with van der Waals surface area (Å²) in [5.41, 5.74) is 0. The van der Waals surface area contributed by atoms with E-state index in [1.807, 2.05) is 4.18 Å². The van der Waals surface area contributed by atoms with Gasteiger partial charge in [-0.1, -0.05) is 0 Å². The van der Waals surface area contributed by atoms with Crippen LogP contribution in [0.5, 0.6) is 0 Å². The Balaban J connectivity index is 0. The predicted molar refractivity (Wildman–Crippen MR) is 30.7 cm³/mol. The Morgan fingerprint density at radius 2 is 1.06 bits per heavy atom. The molecule has 18 heavy (non-hydrogen) atoms. The third-order valence-corrected chi connectivity index (χ3v) is 1.63. The Labute approximate surface area is 107 Å². The fourth-order valence-electron chi connectivity index (χ4n) is 0.499. The normalized spacial score (nSPS) is 14.6. The monoisotopic (exact) mass is 306 g/mol. The van der Waals surface area contributed by atoms with E-state index in [4.69, 9.17) is 0 Å². The van der Waals surface area contributed by atoms with Gasteiger partial charge in [-0.25, -0.2) is 0 Å². The molecule has 0 rings (SSSR count). The van der Waals surface area contributed by atoms with Crippen LogP contribution in [0.4, 0.5) is 39.5 Å². The van der Waals surface area contributed by atoms with E-state index in [1.165, 1.54) is 0 Å². The van der Waals surface area contributed by atoms with Gasteiger partial charge in [-0.15, -0.1) is 0 Å². The van der Waals surface area contributed by atoms with E-state index in [-0.39, 0.29) is 18.9 Å². The fourth-order valence-corrected chi connectivity index (χ4v) is 0.774. The Kier molecular flexibility index (Phi) is 6.14. The topological polar surface area (TPSA) is 43.4 Å². The molecule has 0 aliphatic carbocycles. The first-order chi connectivity index (χ1) is 7.17. The maximum Gasteiger partial charge on any atom is 1.00 e. The second kappa shape index (κ2) is 5.47. The molecular weight excluding hydrogens is 306 g/mol. The summed E-state index contributed by atoms with van der Waals surface area (Å²) in [7, 11) is -4.42. The van der Waals surface area contributed by atoms with Crippen molar-refractivity contribution in [2.24, 2.45) is 0 Å². The van der Waals surface area contributed by atoms with Crippen LogP contribution < -0.4 is 18.9 Å². The zero-order valence-electron chi connectivity index (χ0n) is 8.03. The van der Waals surface area contributed by atoms with Crippen molar-refractivity contribution >= 4 is 11.0 Å². The minimum absolute atomic E-state index is 0. The van der Waals surface area contributed by atoms with Gasteiger partial charge in [0.15, 0.2) is 0 Å². The number of hydrogen-bond donors (Lipinski definition) is 0. The van der Waals surface area contributed by atoms with Crippen LogP contribution >= 0.6 is 0 Å². The van der Waals surface area contributed by atoms with Crippen LogP contribution in [0.2, 0.25) is 0 Å². The van der Waals surface area contributed by atoms with E-state index >= 15 is 0 Å². The second-order valence-electron chi connectivity index (χ2n) is 2.45. The van der Waals surface area contributed by atoms with Gasteiger partial charge in [-0.3, -0.25) is 0 Å². The van der Waals surface area contributed by atoms with Crippen molar-refractivity contribution in [2.75, 3.05) is 0 Å². The predicted octanol–water partition coefficient (Wildman–Crippen LogP) is -0.343. The summed E-state index contributed by atoms with van der Waals surface area (Å²) in [5, 5.41) is 0. The van der Waals surface area contributed by atoms with Crippen LogP contribution in [0.3, 0.4) is 0 Å². The smallest absolute Gasteiger partial charge is 0.397 e. The molecule has 0 N–H and O–H groups in total. The molecule has 0 saturated heterocycles. The van der Waals surface area contributed by atoms with Crippen molar-refractivity contribution in [3.8, 4) is 0 Å². The Morgan fingerprint density at radius 3 is 1.28 bits per heavy atom. The van der Waals surface area contributed by atoms with Crippen molar-refractivity contribution in [2.45, 2.75) is 24.1 Å². The Bertz CT molecular complexity index is 353. The minimum atomic E-state index is -7.18. The first kappa shape index (κ1) is 20.2. The molecule has 0 heterocycles. The van der Waals surface area contributed by atoms with Crippen LogP contribution in [-0.2, 0) is 23.6 Å². The molecule has 0 fully saturated rings. The van der Waals surface area contributed by atoms with Gasteiger partial charge in [0.2, 0.25) is 0 Å². The summed E-state index contributed by atoms with van der Waals surface area (Å²) >= 11 is 0. The van der Waals surface area contributed by atoms with Crippen LogP contribution in [0.25, 0.3) is 0 Å². The molecule has 0 saturated carbocycles. The van der Waals surface area contributed by atoms with E-state index in [2.05, 4.69) is 0 Å². The fraction of sp³-hybridized carbons (Fsp3) is 1.00. The zero-order valence-corrected chi connectivity index (χ0v) is 8.85. The summed E-state index contributed by atoms with van der Waals surface area (Å²) in [5.74, 6) is -14.3. The summed E-state index contributed by atoms with van der Waals surface area (Å²) in [6.07, 6.45) is -13.6. The molecule has 0 aliphatic rings. The molecule has 0 atom stereocenters. The standard InChI is InChI=1S/C4F9O3S.Li/c5-1(6,3(9,10)11)2(7,8)4(12,13)16-17(14)15;/q-1;+1. The molecule has 0 amide bonds. The molecular formula is C4F9LiO3S. The second-order valence-corrected chi connectivity index (χ2v) is 3.03. The molecule has 0 aliphatic heterocycles. The molecule has 0 bridgehead atoms. The average Bonchev–Trinajstić information content (AvgIpc) is 1.98. The number of alkyl halides is 9. The quantitative estimate of drug-likeness (QED) is 0.405. The zero-order chi connectivity index (χ0) is 14.3. The van der Waals surface area contributed by atoms with Crippen molar-refractivity contribution in [3.05, 3.63) is 0 Å². The van der Waals surface area contributed by atoms with Gasteiger partial charge in [-0.05, 0) is 0 Å². The minimum Gasteiger partial charge on any atom is -0.397 e. The van der Waals surface area contributed by atoms with Crippen molar-refractivity contribution in [1.82, 2.24) is 0 Å². The van der Waals surface area contributed by atoms with Gasteiger partial charge in [0.1, 0.15) is 0 Å². The van der Waals surface area contributed by atoms with Gasteiger partial charge in [0, 0.05) is 0 Å². The maximum absolute atomic E-state index is 12.2. The number of hydrogen-bond acceptors (Lipinski definition) is 4. The van der Waals surface area contributed by atoms with Crippen LogP contribution in [0.1, 0.15) is 0 Å². The third kappa shape index (κ3) is 3.46. The van der Waals surface area contributed by atoms with Gasteiger partial charge < -0.3 is 12.6 Å². The van der Waals surface area contributed by atoms with Crippen molar-refractivity contribution < 1.29 is 71.0 Å². The van der Waals surface area contributed by atoms with E-state index < -0.39 is 35.1 Å². The average molecular weight is 306 g/mol. The van der Waals surface area contributed by atoms with Gasteiger partial charge in [0.05, 0.1) is 11.0 Å². The van der Waals surface area contributed by atoms with Crippen LogP contribution in [0.15, 0.2) is 0 Å². The Hall–Kier alpha value is -0.123. The first-order valence-corrected chi connectivity index (χ1v) is 4.15. The number of rotatable bonds is 4. The molecule has 0 aromatic heterocycles. The molecule has 104 valence electrons. The van der Waals surface area contributed by atoms with Gasteiger partial charge >= 0.3 is 43.0 Å². The molecule has 0 unspecified atom stereocenters. The van der Waals surface area contributed by atoms with E-state index in [0.717, 1.165) is 0 Å². The summed E-state index contributed by atoms with van der Waals surface area (Å²) in [6, 6.07) is 0. The number of halogens is 9. The van der Waals surface area contributed by atoms with Crippen molar-refractivity contribution in [1.29, 1.82) is 0 Å². The van der Waals surface area contributed by atoms with E-state index in [0.29, 0.717) is 0 Å². The van der Waals surface area contributed by atoms with Crippen LogP contribution in [0, 0.1) is 0 Å². The molecule has 0 radical (unpaired) electrons. The molecule has 14 heteroatoms. The summed E-state index contributed by atoms with van der Waals surface area (Å²) in [4.78, 5) is 0. The first-order valence-electron chi connectivity index (χ1n) is 3.15. The third-order valence-electron chi connectivity index (χ3n) is 1.29. The molecule has 0 aromatic rings. The van der Waals surface area contributed by atoms with Crippen LogP contribution in [-0.4, -0.2) is 24.1 Å². The largest absolute Gasteiger partial charge is 1.00 e. The SMILES string of the molecule is O=[S-](=O)OC(F)(F)C(F)(F)C(F)(F)C(F)(F)F.[Li+]. The van der Waals surface area contributed by atoms with Gasteiger partial charge in [0.25, 0.3) is 0 Å². The summed E-state index contributed by atoms with van der Waals surface area (Å²) in [6.45, 7) is 0. The van der Waals surface area contributed by atoms with Crippen molar-refractivity contribution in [3.63, 3.8) is 0 Å². The maximum atomic E-state index is 12.2. The van der Waals surface area contributed by atoms with E-state index in [1.54, 1.807) is 0 Å². The van der Waals surface area contributed by atoms with Gasteiger partial charge in [-0.2, -0.15) is 39.5 Å². The molecule has 0 spiro atoms. The molecule has 3 nitrogen and oxygen atoms in total. The van der Waals surface area contributed by atoms with E-state index in [9.17, 15) is 47.9 Å². The Morgan fingerprint density at radius 1 is 0.722 bits per heavy atom. The molecule has 0 aromatic carbocycles. The summed E-state index contributed by atoms with van der Waals surface area (Å²) < 4.78 is 128.